The van der Waals surface area contributed by atoms with Gasteiger partial charge in [0, 0.05) is 12.6 Å². The molecule has 1 aliphatic heterocycles. The molecular formula is C11H27N. The van der Waals surface area contributed by atoms with Gasteiger partial charge in [0.15, 0.2) is 0 Å². The third-order valence-electron chi connectivity index (χ3n) is 2.43. The van der Waals surface area contributed by atoms with Gasteiger partial charge in [-0.15, -0.1) is 0 Å². The molecule has 12 heavy (non-hydrogen) atoms. The lowest BCUT2D eigenvalue weighted by Crippen LogP contribution is -2.37. The van der Waals surface area contributed by atoms with Gasteiger partial charge >= 0.3 is 0 Å². The van der Waals surface area contributed by atoms with Gasteiger partial charge in [-0.3, -0.25) is 0 Å². The zero-order valence-electron chi connectivity index (χ0n) is 8.72. The number of likely N-dealkylation sites (tertiary alicyclic amines) is 1. The SMILES string of the molecule is C.CC.CC1CCC(C)N(C)C1. The molecule has 1 fully saturated rings. The molecule has 1 saturated heterocycles. The third kappa shape index (κ3) is 4.76. The molecular weight excluding hydrogens is 146 g/mol. The summed E-state index contributed by atoms with van der Waals surface area (Å²) in [6.07, 6.45) is 2.81. The number of piperidine rings is 1. The maximum absolute atomic E-state index is 2.45. The van der Waals surface area contributed by atoms with Gasteiger partial charge < -0.3 is 4.90 Å². The van der Waals surface area contributed by atoms with Gasteiger partial charge in [0.2, 0.25) is 0 Å². The van der Waals surface area contributed by atoms with Crippen LogP contribution in [-0.2, 0) is 0 Å². The molecule has 1 aliphatic rings. The number of hydrogen-bond donors (Lipinski definition) is 0. The summed E-state index contributed by atoms with van der Waals surface area (Å²) in [5, 5.41) is 0. The fraction of sp³-hybridized carbons (Fsp3) is 1.00. The van der Waals surface area contributed by atoms with E-state index in [0.717, 1.165) is 12.0 Å². The fourth-order valence-electron chi connectivity index (χ4n) is 1.51. The predicted octanol–water partition coefficient (Wildman–Crippen LogP) is 3.40. The lowest BCUT2D eigenvalue weighted by Gasteiger charge is -2.33. The molecule has 1 nitrogen and oxygen atoms in total. The first-order valence-corrected chi connectivity index (χ1v) is 4.90. The van der Waals surface area contributed by atoms with E-state index in [1.165, 1.54) is 19.4 Å². The van der Waals surface area contributed by atoms with Crippen molar-refractivity contribution in [3.8, 4) is 0 Å². The first kappa shape index (κ1) is 14.5. The van der Waals surface area contributed by atoms with Crippen LogP contribution in [0.2, 0.25) is 0 Å². The summed E-state index contributed by atoms with van der Waals surface area (Å²) in [5.41, 5.74) is 0. The molecule has 0 aliphatic carbocycles. The topological polar surface area (TPSA) is 3.24 Å². The monoisotopic (exact) mass is 173 g/mol. The fourth-order valence-corrected chi connectivity index (χ4v) is 1.51. The molecule has 0 aromatic carbocycles. The molecule has 1 heterocycles. The van der Waals surface area contributed by atoms with Crippen LogP contribution in [0.25, 0.3) is 0 Å². The molecule has 1 rings (SSSR count). The molecule has 2 atom stereocenters. The third-order valence-corrected chi connectivity index (χ3v) is 2.43. The zero-order valence-corrected chi connectivity index (χ0v) is 8.72. The van der Waals surface area contributed by atoms with Crippen LogP contribution in [0.3, 0.4) is 0 Å². The summed E-state index contributed by atoms with van der Waals surface area (Å²) in [7, 11) is 2.22. The minimum absolute atomic E-state index is 0. The summed E-state index contributed by atoms with van der Waals surface area (Å²) >= 11 is 0. The summed E-state index contributed by atoms with van der Waals surface area (Å²) in [5.74, 6) is 0.922. The lowest BCUT2D eigenvalue weighted by atomic mass is 9.96. The van der Waals surface area contributed by atoms with Crippen molar-refractivity contribution in [2.45, 2.75) is 54.0 Å². The Morgan fingerprint density at radius 1 is 1.08 bits per heavy atom. The van der Waals surface area contributed by atoms with Gasteiger partial charge in [0.1, 0.15) is 0 Å². The zero-order chi connectivity index (χ0) is 8.85. The Morgan fingerprint density at radius 3 is 1.92 bits per heavy atom. The molecule has 0 aromatic heterocycles. The van der Waals surface area contributed by atoms with Gasteiger partial charge in [-0.25, -0.2) is 0 Å². The van der Waals surface area contributed by atoms with Crippen LogP contribution in [0.5, 0.6) is 0 Å². The Hall–Kier alpha value is -0.0400. The van der Waals surface area contributed by atoms with Crippen molar-refractivity contribution < 1.29 is 0 Å². The van der Waals surface area contributed by atoms with Crippen LogP contribution in [0, 0.1) is 5.92 Å². The van der Waals surface area contributed by atoms with E-state index in [9.17, 15) is 0 Å². The first-order chi connectivity index (χ1) is 5.20. The second-order valence-electron chi connectivity index (χ2n) is 3.47. The highest BCUT2D eigenvalue weighted by molar-refractivity contribution is 4.73. The quantitative estimate of drug-likeness (QED) is 0.542. The molecule has 0 bridgehead atoms. The Morgan fingerprint density at radius 2 is 1.58 bits per heavy atom. The molecule has 2 unspecified atom stereocenters. The summed E-state index contributed by atoms with van der Waals surface area (Å²) in [6, 6.07) is 0.821. The highest BCUT2D eigenvalue weighted by Crippen LogP contribution is 2.18. The van der Waals surface area contributed by atoms with Crippen molar-refractivity contribution in [3.05, 3.63) is 0 Å². The van der Waals surface area contributed by atoms with E-state index in [1.807, 2.05) is 13.8 Å². The molecule has 0 saturated carbocycles. The van der Waals surface area contributed by atoms with Crippen LogP contribution in [-0.4, -0.2) is 24.5 Å². The van der Waals surface area contributed by atoms with Crippen LogP contribution >= 0.6 is 0 Å². The van der Waals surface area contributed by atoms with Crippen molar-refractivity contribution in [2.24, 2.45) is 5.92 Å². The number of hydrogen-bond acceptors (Lipinski definition) is 1. The van der Waals surface area contributed by atoms with E-state index in [-0.39, 0.29) is 7.43 Å². The van der Waals surface area contributed by atoms with Crippen LogP contribution < -0.4 is 0 Å². The molecule has 0 aromatic rings. The standard InChI is InChI=1S/C8H17N.C2H6.CH4/c1-7-4-5-8(2)9(3)6-7;1-2;/h7-8H,4-6H2,1-3H3;1-2H3;1H4. The maximum Gasteiger partial charge on any atom is 0.00641 e. The first-order valence-electron chi connectivity index (χ1n) is 4.90. The van der Waals surface area contributed by atoms with Gasteiger partial charge in [-0.05, 0) is 32.7 Å². The number of rotatable bonds is 0. The molecule has 0 N–H and O–H groups in total. The van der Waals surface area contributed by atoms with Gasteiger partial charge in [-0.2, -0.15) is 0 Å². The molecule has 0 spiro atoms. The Bertz CT molecular complexity index is 91.0. The van der Waals surface area contributed by atoms with Gasteiger partial charge in [0.05, 0.1) is 0 Å². The minimum Gasteiger partial charge on any atom is -0.303 e. The van der Waals surface area contributed by atoms with Crippen LogP contribution in [0.15, 0.2) is 0 Å². The lowest BCUT2D eigenvalue weighted by molar-refractivity contribution is 0.158. The van der Waals surface area contributed by atoms with Crippen LogP contribution in [0.4, 0.5) is 0 Å². The predicted molar refractivity (Wildman–Crippen MR) is 58.6 cm³/mol. The highest BCUT2D eigenvalue weighted by atomic mass is 15.1. The van der Waals surface area contributed by atoms with E-state index < -0.39 is 0 Å². The highest BCUT2D eigenvalue weighted by Gasteiger charge is 2.18. The van der Waals surface area contributed by atoms with Crippen molar-refractivity contribution in [1.82, 2.24) is 4.90 Å². The smallest absolute Gasteiger partial charge is 0.00641 e. The Labute approximate surface area is 79.2 Å². The molecule has 76 valence electrons. The van der Waals surface area contributed by atoms with Gasteiger partial charge in [-0.1, -0.05) is 28.2 Å². The van der Waals surface area contributed by atoms with E-state index >= 15 is 0 Å². The normalized spacial score (nSPS) is 29.8. The summed E-state index contributed by atoms with van der Waals surface area (Å²) < 4.78 is 0. The average molecular weight is 173 g/mol. The van der Waals surface area contributed by atoms with Gasteiger partial charge in [0.25, 0.3) is 0 Å². The van der Waals surface area contributed by atoms with Crippen molar-refractivity contribution in [3.63, 3.8) is 0 Å². The number of nitrogens with zero attached hydrogens (tertiary/aromatic N) is 1. The second kappa shape index (κ2) is 7.60. The minimum atomic E-state index is 0. The largest absolute Gasteiger partial charge is 0.303 e. The molecule has 0 amide bonds. The summed E-state index contributed by atoms with van der Waals surface area (Å²) in [6.45, 7) is 9.94. The van der Waals surface area contributed by atoms with E-state index in [2.05, 4.69) is 25.8 Å². The van der Waals surface area contributed by atoms with Crippen LogP contribution in [0.1, 0.15) is 48.0 Å². The average Bonchev–Trinajstić information content (AvgIpc) is 2.02. The van der Waals surface area contributed by atoms with E-state index in [4.69, 9.17) is 0 Å². The molecule has 1 heteroatoms. The second-order valence-corrected chi connectivity index (χ2v) is 3.47. The summed E-state index contributed by atoms with van der Waals surface area (Å²) in [4.78, 5) is 2.45. The van der Waals surface area contributed by atoms with Crippen molar-refractivity contribution in [1.29, 1.82) is 0 Å². The van der Waals surface area contributed by atoms with Crippen molar-refractivity contribution in [2.75, 3.05) is 13.6 Å². The molecule has 0 radical (unpaired) electrons. The Kier molecular flexibility index (Phi) is 9.17. The van der Waals surface area contributed by atoms with Crippen molar-refractivity contribution >= 4 is 0 Å². The Balaban J connectivity index is 0. The van der Waals surface area contributed by atoms with E-state index in [1.54, 1.807) is 0 Å². The maximum atomic E-state index is 2.45. The van der Waals surface area contributed by atoms with E-state index in [0.29, 0.717) is 0 Å².